The van der Waals surface area contributed by atoms with Crippen LogP contribution in [-0.4, -0.2) is 19.3 Å². The molecule has 0 amide bonds. The zero-order valence-corrected chi connectivity index (χ0v) is 7.30. The molecule has 0 bridgehead atoms. The summed E-state index contributed by atoms with van der Waals surface area (Å²) >= 11 is 0. The standard InChI is InChI=1S/C9H16O2/c1-8(2)6-10-7-9-4-3-5-11-9/h6,9H,3-5,7H2,1-2H3. The van der Waals surface area contributed by atoms with Gasteiger partial charge in [-0.3, -0.25) is 0 Å². The molecule has 0 saturated carbocycles. The fraction of sp³-hybridized carbons (Fsp3) is 0.778. The van der Waals surface area contributed by atoms with Gasteiger partial charge in [-0.2, -0.15) is 0 Å². The SMILES string of the molecule is CC(C)=COCC1CCCO1. The molecule has 1 aliphatic rings. The number of rotatable bonds is 3. The predicted molar refractivity (Wildman–Crippen MR) is 44.4 cm³/mol. The number of allylic oxidation sites excluding steroid dienone is 1. The van der Waals surface area contributed by atoms with Crippen molar-refractivity contribution in [1.29, 1.82) is 0 Å². The van der Waals surface area contributed by atoms with Crippen LogP contribution in [0.3, 0.4) is 0 Å². The van der Waals surface area contributed by atoms with Crippen molar-refractivity contribution in [3.63, 3.8) is 0 Å². The molecule has 1 fully saturated rings. The molecule has 2 heteroatoms. The van der Waals surface area contributed by atoms with Crippen LogP contribution >= 0.6 is 0 Å². The Labute approximate surface area is 68.2 Å². The minimum atomic E-state index is 0.339. The van der Waals surface area contributed by atoms with Gasteiger partial charge in [0, 0.05) is 6.61 Å². The van der Waals surface area contributed by atoms with E-state index in [9.17, 15) is 0 Å². The van der Waals surface area contributed by atoms with Crippen molar-refractivity contribution in [1.82, 2.24) is 0 Å². The summed E-state index contributed by atoms with van der Waals surface area (Å²) in [4.78, 5) is 0. The highest BCUT2D eigenvalue weighted by Crippen LogP contribution is 2.12. The minimum absolute atomic E-state index is 0.339. The van der Waals surface area contributed by atoms with Crippen molar-refractivity contribution in [2.45, 2.75) is 32.8 Å². The molecule has 1 heterocycles. The lowest BCUT2D eigenvalue weighted by molar-refractivity contribution is 0.0514. The second-order valence-corrected chi connectivity index (χ2v) is 3.16. The van der Waals surface area contributed by atoms with E-state index in [-0.39, 0.29) is 0 Å². The summed E-state index contributed by atoms with van der Waals surface area (Å²) in [6.45, 7) is 5.67. The van der Waals surface area contributed by atoms with Crippen molar-refractivity contribution >= 4 is 0 Å². The maximum absolute atomic E-state index is 5.38. The molecule has 0 radical (unpaired) electrons. The Morgan fingerprint density at radius 3 is 3.00 bits per heavy atom. The summed E-state index contributed by atoms with van der Waals surface area (Å²) in [5, 5.41) is 0. The lowest BCUT2D eigenvalue weighted by atomic mass is 10.2. The average Bonchev–Trinajstić information content (AvgIpc) is 2.39. The molecule has 0 aliphatic carbocycles. The molecule has 1 rings (SSSR count). The van der Waals surface area contributed by atoms with Crippen molar-refractivity contribution in [2.24, 2.45) is 0 Å². The lowest BCUT2D eigenvalue weighted by Gasteiger charge is -2.07. The molecule has 0 spiro atoms. The normalized spacial score (nSPS) is 23.3. The number of ether oxygens (including phenoxy) is 2. The van der Waals surface area contributed by atoms with E-state index < -0.39 is 0 Å². The average molecular weight is 156 g/mol. The Morgan fingerprint density at radius 2 is 2.45 bits per heavy atom. The highest BCUT2D eigenvalue weighted by molar-refractivity contribution is 4.86. The van der Waals surface area contributed by atoms with Crippen LogP contribution in [0.4, 0.5) is 0 Å². The largest absolute Gasteiger partial charge is 0.499 e. The first-order chi connectivity index (χ1) is 5.29. The first-order valence-corrected chi connectivity index (χ1v) is 4.15. The van der Waals surface area contributed by atoms with Crippen LogP contribution in [0.5, 0.6) is 0 Å². The topological polar surface area (TPSA) is 18.5 Å². The molecule has 0 aromatic carbocycles. The van der Waals surface area contributed by atoms with Gasteiger partial charge < -0.3 is 9.47 Å². The molecule has 0 aromatic heterocycles. The number of hydrogen-bond donors (Lipinski definition) is 0. The first-order valence-electron chi connectivity index (χ1n) is 4.15. The molecule has 1 saturated heterocycles. The maximum Gasteiger partial charge on any atom is 0.113 e. The highest BCUT2D eigenvalue weighted by atomic mass is 16.5. The summed E-state index contributed by atoms with van der Waals surface area (Å²) in [6.07, 6.45) is 4.46. The van der Waals surface area contributed by atoms with Crippen LogP contribution in [0.2, 0.25) is 0 Å². The summed E-state index contributed by atoms with van der Waals surface area (Å²) in [5.74, 6) is 0. The lowest BCUT2D eigenvalue weighted by Crippen LogP contribution is -2.11. The number of hydrogen-bond acceptors (Lipinski definition) is 2. The van der Waals surface area contributed by atoms with Crippen LogP contribution in [0.1, 0.15) is 26.7 Å². The van der Waals surface area contributed by atoms with Crippen LogP contribution in [0.15, 0.2) is 11.8 Å². The molecule has 0 N–H and O–H groups in total. The molecule has 1 atom stereocenters. The Hall–Kier alpha value is -0.500. The fourth-order valence-electron chi connectivity index (χ4n) is 1.10. The third kappa shape index (κ3) is 3.42. The summed E-state index contributed by atoms with van der Waals surface area (Å²) in [5.41, 5.74) is 1.20. The van der Waals surface area contributed by atoms with E-state index >= 15 is 0 Å². The van der Waals surface area contributed by atoms with Crippen LogP contribution in [0, 0.1) is 0 Å². The molecular formula is C9H16O2. The van der Waals surface area contributed by atoms with Crippen LogP contribution < -0.4 is 0 Å². The Balaban J connectivity index is 2.07. The van der Waals surface area contributed by atoms with Gasteiger partial charge in [-0.25, -0.2) is 0 Å². The van der Waals surface area contributed by atoms with Crippen LogP contribution in [-0.2, 0) is 9.47 Å². The fourth-order valence-corrected chi connectivity index (χ4v) is 1.10. The highest BCUT2D eigenvalue weighted by Gasteiger charge is 2.14. The molecule has 64 valence electrons. The smallest absolute Gasteiger partial charge is 0.113 e. The zero-order valence-electron chi connectivity index (χ0n) is 7.30. The second kappa shape index (κ2) is 4.39. The van der Waals surface area contributed by atoms with Gasteiger partial charge in [-0.15, -0.1) is 0 Å². The summed E-state index contributed by atoms with van der Waals surface area (Å²) in [6, 6.07) is 0. The molecule has 11 heavy (non-hydrogen) atoms. The second-order valence-electron chi connectivity index (χ2n) is 3.16. The first kappa shape index (κ1) is 8.60. The molecule has 0 aromatic rings. The van der Waals surface area contributed by atoms with E-state index in [0.29, 0.717) is 12.7 Å². The van der Waals surface area contributed by atoms with Gasteiger partial charge in [0.2, 0.25) is 0 Å². The van der Waals surface area contributed by atoms with E-state index in [1.54, 1.807) is 6.26 Å². The molecule has 1 unspecified atom stereocenters. The van der Waals surface area contributed by atoms with E-state index in [1.165, 1.54) is 12.0 Å². The van der Waals surface area contributed by atoms with Gasteiger partial charge in [0.05, 0.1) is 12.4 Å². The Bertz CT molecular complexity index is 130. The van der Waals surface area contributed by atoms with Gasteiger partial charge >= 0.3 is 0 Å². The van der Waals surface area contributed by atoms with Crippen LogP contribution in [0.25, 0.3) is 0 Å². The van der Waals surface area contributed by atoms with Crippen molar-refractivity contribution in [3.05, 3.63) is 11.8 Å². The van der Waals surface area contributed by atoms with E-state index in [0.717, 1.165) is 13.0 Å². The van der Waals surface area contributed by atoms with Crippen molar-refractivity contribution in [3.8, 4) is 0 Å². The third-order valence-corrected chi connectivity index (χ3v) is 1.63. The van der Waals surface area contributed by atoms with E-state index in [4.69, 9.17) is 9.47 Å². The predicted octanol–water partition coefficient (Wildman–Crippen LogP) is 2.11. The summed E-state index contributed by atoms with van der Waals surface area (Å²) in [7, 11) is 0. The molecular weight excluding hydrogens is 140 g/mol. The quantitative estimate of drug-likeness (QED) is 0.582. The monoisotopic (exact) mass is 156 g/mol. The summed E-state index contributed by atoms with van der Waals surface area (Å²) < 4.78 is 10.7. The molecule has 2 nitrogen and oxygen atoms in total. The Kier molecular flexibility index (Phi) is 3.43. The molecule has 1 aliphatic heterocycles. The zero-order chi connectivity index (χ0) is 8.10. The van der Waals surface area contributed by atoms with Crippen molar-refractivity contribution < 1.29 is 9.47 Å². The van der Waals surface area contributed by atoms with Gasteiger partial charge in [-0.05, 0) is 32.3 Å². The minimum Gasteiger partial charge on any atom is -0.499 e. The van der Waals surface area contributed by atoms with E-state index in [1.807, 2.05) is 13.8 Å². The van der Waals surface area contributed by atoms with E-state index in [2.05, 4.69) is 0 Å². The maximum atomic E-state index is 5.38. The van der Waals surface area contributed by atoms with Crippen molar-refractivity contribution in [2.75, 3.05) is 13.2 Å². The Morgan fingerprint density at radius 1 is 1.64 bits per heavy atom. The van der Waals surface area contributed by atoms with Gasteiger partial charge in [-0.1, -0.05) is 0 Å². The third-order valence-electron chi connectivity index (χ3n) is 1.63. The van der Waals surface area contributed by atoms with Gasteiger partial charge in [0.25, 0.3) is 0 Å². The van der Waals surface area contributed by atoms with Gasteiger partial charge in [0.15, 0.2) is 0 Å². The van der Waals surface area contributed by atoms with Gasteiger partial charge in [0.1, 0.15) is 6.61 Å².